The summed E-state index contributed by atoms with van der Waals surface area (Å²) in [5.41, 5.74) is 0. The zero-order valence-corrected chi connectivity index (χ0v) is 12.6. The first-order valence-electron chi connectivity index (χ1n) is 7.22. The molecule has 0 radical (unpaired) electrons. The first-order chi connectivity index (χ1) is 8.56. The topological polar surface area (TPSA) is 32.3 Å². The van der Waals surface area contributed by atoms with Crippen LogP contribution in [-0.4, -0.2) is 47.0 Å². The highest BCUT2D eigenvalue weighted by atomic mass is 32.2. The Bertz CT molecular complexity index is 288. The average Bonchev–Trinajstić information content (AvgIpc) is 2.75. The van der Waals surface area contributed by atoms with Gasteiger partial charge < -0.3 is 10.2 Å². The predicted octanol–water partition coefficient (Wildman–Crippen LogP) is 2.12. The molecule has 0 spiro atoms. The van der Waals surface area contributed by atoms with Crippen LogP contribution < -0.4 is 5.32 Å². The molecule has 4 heteroatoms. The molecule has 2 saturated heterocycles. The maximum atomic E-state index is 11.9. The van der Waals surface area contributed by atoms with E-state index in [1.54, 1.807) is 0 Å². The Labute approximate surface area is 115 Å². The Morgan fingerprint density at radius 2 is 1.94 bits per heavy atom. The highest BCUT2D eigenvalue weighted by molar-refractivity contribution is 8.00. The number of nitrogens with zero attached hydrogens (tertiary/aromatic N) is 1. The Morgan fingerprint density at radius 1 is 1.28 bits per heavy atom. The molecule has 2 atom stereocenters. The van der Waals surface area contributed by atoms with E-state index in [4.69, 9.17) is 0 Å². The van der Waals surface area contributed by atoms with Crippen LogP contribution in [0.25, 0.3) is 0 Å². The molecule has 1 N–H and O–H groups in total. The molecule has 0 aromatic rings. The number of hydrogen-bond acceptors (Lipinski definition) is 3. The van der Waals surface area contributed by atoms with Crippen molar-refractivity contribution < 1.29 is 4.79 Å². The van der Waals surface area contributed by atoms with Crippen molar-refractivity contribution in [3.8, 4) is 0 Å². The first-order valence-corrected chi connectivity index (χ1v) is 8.27. The standard InChI is InChI=1S/C14H26N2OS/c1-10(2)14(17)16-6-4-12(5-7-16)15-13-8-11(3)18-9-13/h10-13,15H,4-9H2,1-3H3. The van der Waals surface area contributed by atoms with Crippen molar-refractivity contribution in [2.24, 2.45) is 5.92 Å². The predicted molar refractivity (Wildman–Crippen MR) is 77.9 cm³/mol. The van der Waals surface area contributed by atoms with E-state index < -0.39 is 0 Å². The summed E-state index contributed by atoms with van der Waals surface area (Å²) in [6, 6.07) is 1.32. The number of hydrogen-bond donors (Lipinski definition) is 1. The van der Waals surface area contributed by atoms with Gasteiger partial charge in [-0.05, 0) is 19.3 Å². The summed E-state index contributed by atoms with van der Waals surface area (Å²) < 4.78 is 0. The monoisotopic (exact) mass is 270 g/mol. The summed E-state index contributed by atoms with van der Waals surface area (Å²) in [6.45, 7) is 8.16. The quantitative estimate of drug-likeness (QED) is 0.852. The van der Waals surface area contributed by atoms with Crippen molar-refractivity contribution in [1.29, 1.82) is 0 Å². The van der Waals surface area contributed by atoms with Crippen LogP contribution in [-0.2, 0) is 4.79 Å². The Balaban J connectivity index is 1.72. The number of nitrogens with one attached hydrogen (secondary N) is 1. The summed E-state index contributed by atoms with van der Waals surface area (Å²) >= 11 is 2.08. The smallest absolute Gasteiger partial charge is 0.225 e. The zero-order chi connectivity index (χ0) is 13.1. The number of likely N-dealkylation sites (tertiary alicyclic amines) is 1. The Kier molecular flexibility index (Phi) is 4.96. The zero-order valence-electron chi connectivity index (χ0n) is 11.8. The highest BCUT2D eigenvalue weighted by Gasteiger charge is 2.28. The second kappa shape index (κ2) is 6.29. The molecule has 3 nitrogen and oxygen atoms in total. The normalized spacial score (nSPS) is 30.1. The number of rotatable bonds is 3. The van der Waals surface area contributed by atoms with Crippen LogP contribution in [0.15, 0.2) is 0 Å². The number of amides is 1. The molecule has 18 heavy (non-hydrogen) atoms. The molecule has 0 aromatic carbocycles. The molecule has 1 amide bonds. The fourth-order valence-corrected chi connectivity index (χ4v) is 4.06. The largest absolute Gasteiger partial charge is 0.342 e. The molecule has 0 aromatic heterocycles. The van der Waals surface area contributed by atoms with E-state index in [1.807, 2.05) is 18.7 Å². The Morgan fingerprint density at radius 3 is 2.44 bits per heavy atom. The van der Waals surface area contributed by atoms with Crippen molar-refractivity contribution >= 4 is 17.7 Å². The average molecular weight is 270 g/mol. The number of carbonyl (C=O) groups is 1. The fourth-order valence-electron chi connectivity index (χ4n) is 2.90. The van der Waals surface area contributed by atoms with E-state index in [0.29, 0.717) is 18.0 Å². The SMILES string of the molecule is CC1CC(NC2CCN(C(=O)C(C)C)CC2)CS1. The molecule has 0 aliphatic carbocycles. The van der Waals surface area contributed by atoms with Crippen LogP contribution in [0.3, 0.4) is 0 Å². The minimum atomic E-state index is 0.140. The van der Waals surface area contributed by atoms with E-state index in [-0.39, 0.29) is 5.92 Å². The summed E-state index contributed by atoms with van der Waals surface area (Å²) in [5.74, 6) is 1.71. The van der Waals surface area contributed by atoms with Gasteiger partial charge in [-0.25, -0.2) is 0 Å². The summed E-state index contributed by atoms with van der Waals surface area (Å²) in [4.78, 5) is 13.9. The molecular formula is C14H26N2OS. The van der Waals surface area contributed by atoms with Gasteiger partial charge in [-0.2, -0.15) is 11.8 Å². The molecular weight excluding hydrogens is 244 g/mol. The van der Waals surface area contributed by atoms with Crippen molar-refractivity contribution in [2.45, 2.75) is 57.4 Å². The van der Waals surface area contributed by atoms with Crippen LogP contribution >= 0.6 is 11.8 Å². The Hall–Kier alpha value is -0.220. The molecule has 2 heterocycles. The van der Waals surface area contributed by atoms with E-state index in [1.165, 1.54) is 12.2 Å². The fraction of sp³-hybridized carbons (Fsp3) is 0.929. The van der Waals surface area contributed by atoms with Crippen LogP contribution in [0.5, 0.6) is 0 Å². The lowest BCUT2D eigenvalue weighted by Crippen LogP contribution is -2.48. The minimum Gasteiger partial charge on any atom is -0.342 e. The second-order valence-corrected chi connectivity index (χ2v) is 7.47. The number of carbonyl (C=O) groups excluding carboxylic acids is 1. The van der Waals surface area contributed by atoms with Crippen LogP contribution in [0.4, 0.5) is 0 Å². The van der Waals surface area contributed by atoms with E-state index >= 15 is 0 Å². The van der Waals surface area contributed by atoms with E-state index in [0.717, 1.165) is 31.2 Å². The van der Waals surface area contributed by atoms with Gasteiger partial charge in [0.05, 0.1) is 0 Å². The maximum absolute atomic E-state index is 11.9. The van der Waals surface area contributed by atoms with Crippen LogP contribution in [0, 0.1) is 5.92 Å². The summed E-state index contributed by atoms with van der Waals surface area (Å²) in [5, 5.41) is 4.59. The molecule has 2 rings (SSSR count). The van der Waals surface area contributed by atoms with Crippen molar-refractivity contribution in [1.82, 2.24) is 10.2 Å². The molecule has 0 saturated carbocycles. The third-order valence-corrected chi connectivity index (χ3v) is 5.33. The lowest BCUT2D eigenvalue weighted by molar-refractivity contribution is -0.135. The molecule has 2 fully saturated rings. The van der Waals surface area contributed by atoms with Gasteiger partial charge in [0.15, 0.2) is 0 Å². The molecule has 2 aliphatic heterocycles. The van der Waals surface area contributed by atoms with Gasteiger partial charge >= 0.3 is 0 Å². The van der Waals surface area contributed by atoms with Crippen molar-refractivity contribution in [3.05, 3.63) is 0 Å². The lowest BCUT2D eigenvalue weighted by atomic mass is 10.0. The highest BCUT2D eigenvalue weighted by Crippen LogP contribution is 2.27. The molecule has 2 unspecified atom stereocenters. The van der Waals surface area contributed by atoms with Crippen LogP contribution in [0.1, 0.15) is 40.0 Å². The van der Waals surface area contributed by atoms with Gasteiger partial charge in [-0.1, -0.05) is 20.8 Å². The maximum Gasteiger partial charge on any atom is 0.225 e. The minimum absolute atomic E-state index is 0.140. The van der Waals surface area contributed by atoms with Gasteiger partial charge in [-0.3, -0.25) is 4.79 Å². The third kappa shape index (κ3) is 3.64. The number of piperidine rings is 1. The van der Waals surface area contributed by atoms with Crippen molar-refractivity contribution in [2.75, 3.05) is 18.8 Å². The molecule has 104 valence electrons. The van der Waals surface area contributed by atoms with E-state index in [9.17, 15) is 4.79 Å². The van der Waals surface area contributed by atoms with E-state index in [2.05, 4.69) is 24.0 Å². The lowest BCUT2D eigenvalue weighted by Gasteiger charge is -2.34. The first kappa shape index (κ1) is 14.2. The van der Waals surface area contributed by atoms with Crippen molar-refractivity contribution in [3.63, 3.8) is 0 Å². The number of thioether (sulfide) groups is 1. The summed E-state index contributed by atoms with van der Waals surface area (Å²) in [7, 11) is 0. The van der Waals surface area contributed by atoms with Crippen LogP contribution in [0.2, 0.25) is 0 Å². The third-order valence-electron chi connectivity index (χ3n) is 3.97. The molecule has 0 bridgehead atoms. The van der Waals surface area contributed by atoms with Gasteiger partial charge in [0, 0.05) is 42.1 Å². The second-order valence-electron chi connectivity index (χ2n) is 6.00. The van der Waals surface area contributed by atoms with Gasteiger partial charge in [0.25, 0.3) is 0 Å². The van der Waals surface area contributed by atoms with Gasteiger partial charge in [0.2, 0.25) is 5.91 Å². The molecule has 2 aliphatic rings. The summed E-state index contributed by atoms with van der Waals surface area (Å²) in [6.07, 6.45) is 3.54. The van der Waals surface area contributed by atoms with Gasteiger partial charge in [-0.15, -0.1) is 0 Å². The van der Waals surface area contributed by atoms with Gasteiger partial charge in [0.1, 0.15) is 0 Å².